The van der Waals surface area contributed by atoms with Gasteiger partial charge in [0, 0.05) is 19.0 Å². The molecule has 0 unspecified atom stereocenters. The maximum absolute atomic E-state index is 13.7. The maximum Gasteiger partial charge on any atom is 0.168 e. The first-order valence-electron chi connectivity index (χ1n) is 5.81. The molecule has 2 N–H and O–H groups in total. The van der Waals surface area contributed by atoms with Gasteiger partial charge >= 0.3 is 0 Å². The Hall–Kier alpha value is -1.91. The molecule has 0 aliphatic carbocycles. The zero-order valence-corrected chi connectivity index (χ0v) is 10.4. The van der Waals surface area contributed by atoms with E-state index in [1.165, 1.54) is 12.1 Å². The van der Waals surface area contributed by atoms with Crippen LogP contribution >= 0.6 is 0 Å². The minimum absolute atomic E-state index is 0.102. The van der Waals surface area contributed by atoms with Gasteiger partial charge < -0.3 is 10.3 Å². The Kier molecular flexibility index (Phi) is 3.32. The smallest absolute Gasteiger partial charge is 0.168 e. The molecule has 0 saturated carbocycles. The summed E-state index contributed by atoms with van der Waals surface area (Å²) >= 11 is 0. The summed E-state index contributed by atoms with van der Waals surface area (Å²) in [6, 6.07) is 4.00. The molecule has 1 aromatic carbocycles. The molecule has 0 amide bonds. The van der Waals surface area contributed by atoms with Crippen LogP contribution in [0.4, 0.5) is 14.6 Å². The van der Waals surface area contributed by atoms with Crippen molar-refractivity contribution in [2.24, 2.45) is 7.05 Å². The molecular formula is C13H15F2N3. The minimum Gasteiger partial charge on any atom is -0.383 e. The van der Waals surface area contributed by atoms with Gasteiger partial charge in [0.05, 0.1) is 0 Å². The second-order valence-corrected chi connectivity index (χ2v) is 4.17. The highest BCUT2D eigenvalue weighted by Crippen LogP contribution is 2.29. The van der Waals surface area contributed by atoms with Crippen LogP contribution < -0.4 is 5.73 Å². The van der Waals surface area contributed by atoms with Crippen molar-refractivity contribution >= 4 is 5.82 Å². The van der Waals surface area contributed by atoms with Gasteiger partial charge in [-0.05, 0) is 18.6 Å². The van der Waals surface area contributed by atoms with Crippen molar-refractivity contribution in [3.05, 3.63) is 35.7 Å². The Balaban J connectivity index is 2.57. The first kappa shape index (κ1) is 12.5. The molecule has 0 atom stereocenters. The van der Waals surface area contributed by atoms with Gasteiger partial charge in [-0.1, -0.05) is 13.0 Å². The van der Waals surface area contributed by atoms with Crippen molar-refractivity contribution in [3.63, 3.8) is 0 Å². The van der Waals surface area contributed by atoms with E-state index in [0.29, 0.717) is 11.5 Å². The van der Waals surface area contributed by atoms with E-state index in [4.69, 9.17) is 5.73 Å². The molecule has 3 nitrogen and oxygen atoms in total. The molecular weight excluding hydrogens is 236 g/mol. The van der Waals surface area contributed by atoms with Crippen LogP contribution in [0, 0.1) is 11.6 Å². The van der Waals surface area contributed by atoms with Gasteiger partial charge in [-0.2, -0.15) is 0 Å². The van der Waals surface area contributed by atoms with Crippen LogP contribution in [-0.4, -0.2) is 9.55 Å². The van der Waals surface area contributed by atoms with Crippen molar-refractivity contribution in [1.29, 1.82) is 0 Å². The third-order valence-corrected chi connectivity index (χ3v) is 2.91. The van der Waals surface area contributed by atoms with Gasteiger partial charge in [0.2, 0.25) is 0 Å². The fraction of sp³-hybridized carbons (Fsp3) is 0.308. The van der Waals surface area contributed by atoms with Crippen LogP contribution in [0.15, 0.2) is 18.2 Å². The highest BCUT2D eigenvalue weighted by Gasteiger charge is 2.18. The molecule has 0 saturated heterocycles. The summed E-state index contributed by atoms with van der Waals surface area (Å²) in [4.78, 5) is 4.30. The molecule has 0 aliphatic rings. The molecule has 2 aromatic rings. The van der Waals surface area contributed by atoms with Crippen molar-refractivity contribution in [3.8, 4) is 11.3 Å². The van der Waals surface area contributed by atoms with Crippen molar-refractivity contribution in [2.45, 2.75) is 19.8 Å². The number of benzene rings is 1. The molecule has 96 valence electrons. The quantitative estimate of drug-likeness (QED) is 0.911. The Morgan fingerprint density at radius 1 is 1.33 bits per heavy atom. The fourth-order valence-corrected chi connectivity index (χ4v) is 1.89. The summed E-state index contributed by atoms with van der Waals surface area (Å²) in [5.41, 5.74) is 6.30. The number of nitrogens with two attached hydrogens (primary N) is 1. The predicted octanol–water partition coefficient (Wildman–Crippen LogP) is 2.90. The highest BCUT2D eigenvalue weighted by atomic mass is 19.2. The van der Waals surface area contributed by atoms with E-state index >= 15 is 0 Å². The molecule has 18 heavy (non-hydrogen) atoms. The van der Waals surface area contributed by atoms with Crippen molar-refractivity contribution in [1.82, 2.24) is 9.55 Å². The van der Waals surface area contributed by atoms with Crippen molar-refractivity contribution in [2.75, 3.05) is 5.73 Å². The summed E-state index contributed by atoms with van der Waals surface area (Å²) in [5.74, 6) is -0.684. The SMILES string of the molecule is CCCc1nc(-c2cccc(F)c2F)c(N)n1C. The lowest BCUT2D eigenvalue weighted by atomic mass is 10.1. The summed E-state index contributed by atoms with van der Waals surface area (Å²) < 4.78 is 28.6. The van der Waals surface area contributed by atoms with E-state index < -0.39 is 11.6 Å². The van der Waals surface area contributed by atoms with Crippen LogP contribution in [0.1, 0.15) is 19.2 Å². The third-order valence-electron chi connectivity index (χ3n) is 2.91. The number of anilines is 1. The normalized spacial score (nSPS) is 10.9. The second kappa shape index (κ2) is 4.76. The van der Waals surface area contributed by atoms with E-state index in [0.717, 1.165) is 24.7 Å². The lowest BCUT2D eigenvalue weighted by Crippen LogP contribution is -2.01. The molecule has 0 spiro atoms. The Morgan fingerprint density at radius 3 is 2.72 bits per heavy atom. The number of nitrogens with zero attached hydrogens (tertiary/aromatic N) is 2. The first-order valence-corrected chi connectivity index (χ1v) is 5.81. The Bertz CT molecular complexity index is 576. The van der Waals surface area contributed by atoms with E-state index in [1.807, 2.05) is 6.92 Å². The van der Waals surface area contributed by atoms with Crippen molar-refractivity contribution < 1.29 is 8.78 Å². The van der Waals surface area contributed by atoms with Gasteiger partial charge in [0.15, 0.2) is 11.6 Å². The number of aryl methyl sites for hydroxylation is 1. The van der Waals surface area contributed by atoms with Gasteiger partial charge in [0.1, 0.15) is 17.3 Å². The monoisotopic (exact) mass is 251 g/mol. The molecule has 1 aromatic heterocycles. The van der Waals surface area contributed by atoms with Crippen LogP contribution in [-0.2, 0) is 13.5 Å². The van der Waals surface area contributed by atoms with Gasteiger partial charge in [-0.3, -0.25) is 0 Å². The summed E-state index contributed by atoms with van der Waals surface area (Å²) in [6.45, 7) is 2.02. The average Bonchev–Trinajstić information content (AvgIpc) is 2.62. The molecule has 0 bridgehead atoms. The number of rotatable bonds is 3. The molecule has 0 aliphatic heterocycles. The zero-order chi connectivity index (χ0) is 13.3. The number of hydrogen-bond acceptors (Lipinski definition) is 2. The largest absolute Gasteiger partial charge is 0.383 e. The van der Waals surface area contributed by atoms with Crippen LogP contribution in [0.5, 0.6) is 0 Å². The van der Waals surface area contributed by atoms with Crippen LogP contribution in [0.3, 0.4) is 0 Å². The Labute approximate surface area is 104 Å². The number of imidazole rings is 1. The average molecular weight is 251 g/mol. The number of halogens is 2. The third kappa shape index (κ3) is 1.96. The fourth-order valence-electron chi connectivity index (χ4n) is 1.89. The first-order chi connectivity index (χ1) is 8.56. The van der Waals surface area contributed by atoms with E-state index in [-0.39, 0.29) is 5.56 Å². The lowest BCUT2D eigenvalue weighted by molar-refractivity contribution is 0.511. The van der Waals surface area contributed by atoms with E-state index in [1.54, 1.807) is 11.6 Å². The van der Waals surface area contributed by atoms with Crippen LogP contribution in [0.2, 0.25) is 0 Å². The molecule has 5 heteroatoms. The number of aromatic nitrogens is 2. The van der Waals surface area contributed by atoms with Gasteiger partial charge in [-0.25, -0.2) is 13.8 Å². The van der Waals surface area contributed by atoms with Gasteiger partial charge in [0.25, 0.3) is 0 Å². The molecule has 0 fully saturated rings. The zero-order valence-electron chi connectivity index (χ0n) is 10.4. The number of nitrogen functional groups attached to an aromatic ring is 1. The topological polar surface area (TPSA) is 43.8 Å². The maximum atomic E-state index is 13.7. The second-order valence-electron chi connectivity index (χ2n) is 4.17. The lowest BCUT2D eigenvalue weighted by Gasteiger charge is -2.02. The standard InChI is InChI=1S/C13H15F2N3/c1-3-5-10-17-12(13(16)18(10)2)8-6-4-7-9(14)11(8)15/h4,6-7H,3,5,16H2,1-2H3. The predicted molar refractivity (Wildman–Crippen MR) is 67.0 cm³/mol. The highest BCUT2D eigenvalue weighted by molar-refractivity contribution is 5.71. The molecule has 0 radical (unpaired) electrons. The summed E-state index contributed by atoms with van der Waals surface area (Å²) in [6.07, 6.45) is 1.66. The minimum atomic E-state index is -0.912. The van der Waals surface area contributed by atoms with Crippen LogP contribution in [0.25, 0.3) is 11.3 Å². The summed E-state index contributed by atoms with van der Waals surface area (Å²) in [7, 11) is 1.77. The Morgan fingerprint density at radius 2 is 2.06 bits per heavy atom. The molecule has 1 heterocycles. The van der Waals surface area contributed by atoms with E-state index in [9.17, 15) is 8.78 Å². The molecule has 2 rings (SSSR count). The summed E-state index contributed by atoms with van der Waals surface area (Å²) in [5, 5.41) is 0. The number of hydrogen-bond donors (Lipinski definition) is 1. The van der Waals surface area contributed by atoms with Gasteiger partial charge in [-0.15, -0.1) is 0 Å². The van der Waals surface area contributed by atoms with E-state index in [2.05, 4.69) is 4.98 Å².